The molecule has 2 aliphatic heterocycles. The van der Waals surface area contributed by atoms with E-state index in [2.05, 4.69) is 64.9 Å². The monoisotopic (exact) mass is 464 g/mol. The van der Waals surface area contributed by atoms with E-state index in [9.17, 15) is 9.59 Å². The maximum Gasteiger partial charge on any atom is 0.415 e. The van der Waals surface area contributed by atoms with Gasteiger partial charge >= 0.3 is 6.09 Å². The highest BCUT2D eigenvalue weighted by Crippen LogP contribution is 2.27. The Bertz CT molecular complexity index is 1020. The zero-order valence-corrected chi connectivity index (χ0v) is 19.8. The molecular weight excluding hydrogens is 432 g/mol. The molecular formula is C25H32N6O3. The Morgan fingerprint density at radius 2 is 1.85 bits per heavy atom. The Morgan fingerprint density at radius 1 is 1.15 bits per heavy atom. The van der Waals surface area contributed by atoms with Crippen LogP contribution in [0.15, 0.2) is 49.2 Å². The van der Waals surface area contributed by atoms with Gasteiger partial charge in [-0.1, -0.05) is 37.8 Å². The highest BCUT2D eigenvalue weighted by molar-refractivity contribution is 5.88. The summed E-state index contributed by atoms with van der Waals surface area (Å²) in [6, 6.07) is 10.6. The molecule has 2 aromatic rings. The van der Waals surface area contributed by atoms with Gasteiger partial charge in [-0.05, 0) is 36.6 Å². The maximum absolute atomic E-state index is 11.9. The summed E-state index contributed by atoms with van der Waals surface area (Å²) >= 11 is 0. The Morgan fingerprint density at radius 3 is 2.47 bits per heavy atom. The molecule has 2 atom stereocenters. The van der Waals surface area contributed by atoms with Gasteiger partial charge in [0.15, 0.2) is 0 Å². The van der Waals surface area contributed by atoms with Crippen molar-refractivity contribution in [2.75, 3.05) is 49.5 Å². The lowest BCUT2D eigenvalue weighted by atomic mass is 9.98. The van der Waals surface area contributed by atoms with Crippen molar-refractivity contribution in [1.29, 1.82) is 0 Å². The summed E-state index contributed by atoms with van der Waals surface area (Å²) < 4.78 is 5.00. The van der Waals surface area contributed by atoms with Crippen LogP contribution in [0.25, 0.3) is 0 Å². The van der Waals surface area contributed by atoms with Crippen LogP contribution in [0.1, 0.15) is 43.5 Å². The molecule has 9 nitrogen and oxygen atoms in total. The number of anilines is 2. The number of piperazine rings is 1. The van der Waals surface area contributed by atoms with Crippen LogP contribution in [0.2, 0.25) is 0 Å². The molecule has 0 saturated carbocycles. The van der Waals surface area contributed by atoms with E-state index in [1.165, 1.54) is 16.5 Å². The highest BCUT2D eigenvalue weighted by atomic mass is 16.6. The van der Waals surface area contributed by atoms with Gasteiger partial charge in [-0.3, -0.25) is 14.6 Å². The van der Waals surface area contributed by atoms with E-state index >= 15 is 0 Å². The van der Waals surface area contributed by atoms with Crippen LogP contribution in [0.3, 0.4) is 0 Å². The van der Waals surface area contributed by atoms with Crippen molar-refractivity contribution in [1.82, 2.24) is 19.8 Å². The van der Waals surface area contributed by atoms with Crippen LogP contribution >= 0.6 is 0 Å². The van der Waals surface area contributed by atoms with Gasteiger partial charge in [0.05, 0.1) is 12.6 Å². The summed E-state index contributed by atoms with van der Waals surface area (Å²) in [5.41, 5.74) is 2.39. The Balaban J connectivity index is 1.38. The molecule has 1 aromatic carbocycles. The number of hydrogen-bond acceptors (Lipinski definition) is 7. The van der Waals surface area contributed by atoms with Gasteiger partial charge in [0.1, 0.15) is 12.4 Å². The maximum atomic E-state index is 11.9. The summed E-state index contributed by atoms with van der Waals surface area (Å²) in [5.74, 6) is 1.00. The normalized spacial score (nSPS) is 18.4. The summed E-state index contributed by atoms with van der Waals surface area (Å²) in [7, 11) is 0. The second-order valence-electron chi connectivity index (χ2n) is 8.53. The average Bonchev–Trinajstić information content (AvgIpc) is 3.31. The number of carbonyl (C=O) groups excluding carboxylic acids is 2. The van der Waals surface area contributed by atoms with Crippen molar-refractivity contribution in [2.45, 2.75) is 32.4 Å². The first-order chi connectivity index (χ1) is 16.5. The van der Waals surface area contributed by atoms with Crippen LogP contribution < -0.4 is 10.2 Å². The van der Waals surface area contributed by atoms with E-state index in [4.69, 9.17) is 4.74 Å². The molecule has 34 heavy (non-hydrogen) atoms. The lowest BCUT2D eigenvalue weighted by Gasteiger charge is -2.39. The van der Waals surface area contributed by atoms with Gasteiger partial charge in [-0.15, -0.1) is 0 Å². The molecule has 0 aliphatic carbocycles. The Kier molecular flexibility index (Phi) is 7.42. The van der Waals surface area contributed by atoms with E-state index in [0.717, 1.165) is 38.2 Å². The Labute approximate surface area is 200 Å². The first-order valence-electron chi connectivity index (χ1n) is 11.8. The average molecular weight is 465 g/mol. The molecule has 4 rings (SSSR count). The molecule has 0 bridgehead atoms. The van der Waals surface area contributed by atoms with E-state index in [-0.39, 0.29) is 18.0 Å². The first-order valence-corrected chi connectivity index (χ1v) is 11.8. The van der Waals surface area contributed by atoms with Crippen molar-refractivity contribution >= 4 is 23.8 Å². The van der Waals surface area contributed by atoms with Gasteiger partial charge in [0, 0.05) is 38.4 Å². The fraction of sp³-hybridized carbons (Fsp3) is 0.440. The molecule has 9 heteroatoms. The second kappa shape index (κ2) is 10.6. The minimum atomic E-state index is -0.382. The molecule has 180 valence electrons. The molecule has 0 radical (unpaired) electrons. The third-order valence-corrected chi connectivity index (χ3v) is 6.47. The smallest absolute Gasteiger partial charge is 0.415 e. The minimum absolute atomic E-state index is 0.00779. The number of carbonyl (C=O) groups is 2. The predicted octanol–water partition coefficient (Wildman–Crippen LogP) is 3.39. The van der Waals surface area contributed by atoms with Crippen LogP contribution in [0.5, 0.6) is 0 Å². The molecule has 1 aromatic heterocycles. The van der Waals surface area contributed by atoms with Crippen molar-refractivity contribution in [3.63, 3.8) is 0 Å². The number of aromatic nitrogens is 2. The molecule has 1 unspecified atom stereocenters. The van der Waals surface area contributed by atoms with Crippen LogP contribution in [0.4, 0.5) is 16.6 Å². The zero-order chi connectivity index (χ0) is 24.1. The number of nitrogens with one attached hydrogen (secondary N) is 1. The van der Waals surface area contributed by atoms with Crippen molar-refractivity contribution in [3.8, 4) is 0 Å². The van der Waals surface area contributed by atoms with Crippen LogP contribution in [0, 0.1) is 0 Å². The quantitative estimate of drug-likeness (QED) is 0.599. The molecule has 3 heterocycles. The minimum Gasteiger partial charge on any atom is -0.447 e. The SMILES string of the molecule is C=CC(=O)N1CCN(C(CC)c2ccc([C@H](C)Nc3nccc(N4CCOC4=O)n3)cc2)CC1. The zero-order valence-electron chi connectivity index (χ0n) is 19.8. The number of nitrogens with zero attached hydrogens (tertiary/aromatic N) is 5. The summed E-state index contributed by atoms with van der Waals surface area (Å²) in [5, 5.41) is 3.33. The number of ether oxygens (including phenoxy) is 1. The number of rotatable bonds is 8. The van der Waals surface area contributed by atoms with Crippen molar-refractivity contribution in [3.05, 3.63) is 60.3 Å². The number of benzene rings is 1. The number of hydrogen-bond donors (Lipinski definition) is 1. The molecule has 0 spiro atoms. The molecule has 2 fully saturated rings. The first kappa shape index (κ1) is 23.7. The van der Waals surface area contributed by atoms with Gasteiger partial charge in [-0.2, -0.15) is 4.98 Å². The van der Waals surface area contributed by atoms with Crippen molar-refractivity contribution < 1.29 is 14.3 Å². The van der Waals surface area contributed by atoms with Gasteiger partial charge in [0.25, 0.3) is 0 Å². The molecule has 2 aliphatic rings. The topological polar surface area (TPSA) is 90.9 Å². The molecule has 2 amide bonds. The van der Waals surface area contributed by atoms with E-state index in [0.29, 0.717) is 31.0 Å². The van der Waals surface area contributed by atoms with Crippen LogP contribution in [-0.2, 0) is 9.53 Å². The number of cyclic esters (lactones) is 1. The van der Waals surface area contributed by atoms with Gasteiger partial charge in [0.2, 0.25) is 11.9 Å². The summed E-state index contributed by atoms with van der Waals surface area (Å²) in [6.45, 7) is 11.9. The van der Waals surface area contributed by atoms with E-state index in [1.54, 1.807) is 12.3 Å². The predicted molar refractivity (Wildman–Crippen MR) is 131 cm³/mol. The van der Waals surface area contributed by atoms with Gasteiger partial charge in [-0.25, -0.2) is 9.78 Å². The lowest BCUT2D eigenvalue weighted by Crippen LogP contribution is -2.49. The second-order valence-corrected chi connectivity index (χ2v) is 8.53. The fourth-order valence-corrected chi connectivity index (χ4v) is 4.54. The van der Waals surface area contributed by atoms with E-state index < -0.39 is 0 Å². The third-order valence-electron chi connectivity index (χ3n) is 6.47. The van der Waals surface area contributed by atoms with Gasteiger partial charge < -0.3 is 15.0 Å². The van der Waals surface area contributed by atoms with Crippen molar-refractivity contribution in [2.24, 2.45) is 0 Å². The Hall–Kier alpha value is -3.46. The fourth-order valence-electron chi connectivity index (χ4n) is 4.54. The summed E-state index contributed by atoms with van der Waals surface area (Å²) in [6.07, 6.45) is 3.65. The lowest BCUT2D eigenvalue weighted by molar-refractivity contribution is -0.128. The highest BCUT2D eigenvalue weighted by Gasteiger charge is 2.26. The van der Waals surface area contributed by atoms with E-state index in [1.807, 2.05) is 4.90 Å². The number of amides is 2. The third kappa shape index (κ3) is 5.20. The largest absolute Gasteiger partial charge is 0.447 e. The standard InChI is InChI=1S/C25H32N6O3/c1-4-21(29-12-14-30(15-13-29)23(32)5-2)20-8-6-19(7-9-20)18(3)27-24-26-11-10-22(28-24)31-16-17-34-25(31)33/h5-11,18,21H,2,4,12-17H2,1,3H3,(H,26,27,28)/t18-,21?/m0/s1. The summed E-state index contributed by atoms with van der Waals surface area (Å²) in [4.78, 5) is 38.3. The molecule has 2 saturated heterocycles. The molecule has 1 N–H and O–H groups in total. The van der Waals surface area contributed by atoms with Crippen LogP contribution in [-0.4, -0.2) is 71.1 Å².